The molecule has 0 fully saturated rings. The molecule has 0 amide bonds. The molecule has 2 N–H and O–H groups in total. The van der Waals surface area contributed by atoms with Crippen LogP contribution in [0.4, 0.5) is 32.0 Å². The summed E-state index contributed by atoms with van der Waals surface area (Å²) in [4.78, 5) is 3.31. The molecule has 2 rings (SSSR count). The van der Waals surface area contributed by atoms with Gasteiger partial charge in [0.25, 0.3) is 0 Å². The highest BCUT2D eigenvalue weighted by Crippen LogP contribution is 2.38. The smallest absolute Gasteiger partial charge is 0.398 e. The molecule has 1 heterocycles. The third-order valence-corrected chi connectivity index (χ3v) is 3.41. The molecule has 0 bridgehead atoms. The molecule has 2 aromatic rings. The first-order valence-electron chi connectivity index (χ1n) is 5.71. The number of anilines is 1. The van der Waals surface area contributed by atoms with Crippen LogP contribution in [0, 0.1) is 0 Å². The summed E-state index contributed by atoms with van der Waals surface area (Å²) in [5.41, 5.74) is 3.49. The van der Waals surface area contributed by atoms with Crippen LogP contribution in [0.5, 0.6) is 0 Å². The Morgan fingerprint density at radius 1 is 0.864 bits per heavy atom. The van der Waals surface area contributed by atoms with Crippen LogP contribution in [0.1, 0.15) is 11.3 Å². The van der Waals surface area contributed by atoms with Crippen molar-refractivity contribution in [1.29, 1.82) is 0 Å². The average Bonchev–Trinajstić information content (AvgIpc) is 2.37. The molecule has 0 saturated heterocycles. The van der Waals surface area contributed by atoms with Gasteiger partial charge in [0.1, 0.15) is 10.3 Å². The fourth-order valence-electron chi connectivity index (χ4n) is 1.76. The molecular formula is C13H7BrF6N2. The number of hydrogen-bond donors (Lipinski definition) is 1. The van der Waals surface area contributed by atoms with E-state index in [0.29, 0.717) is 6.07 Å². The first-order valence-corrected chi connectivity index (χ1v) is 6.50. The third kappa shape index (κ3) is 3.34. The number of nitrogen functional groups attached to an aromatic ring is 1. The zero-order chi connectivity index (χ0) is 16.7. The summed E-state index contributed by atoms with van der Waals surface area (Å²) in [6.07, 6.45) is -9.24. The van der Waals surface area contributed by atoms with E-state index >= 15 is 0 Å². The third-order valence-electron chi connectivity index (χ3n) is 2.81. The molecule has 0 unspecified atom stereocenters. The van der Waals surface area contributed by atoms with Crippen LogP contribution in [0.3, 0.4) is 0 Å². The minimum atomic E-state index is -4.65. The molecule has 22 heavy (non-hydrogen) atoms. The highest BCUT2D eigenvalue weighted by molar-refractivity contribution is 9.10. The topological polar surface area (TPSA) is 38.9 Å². The maximum atomic E-state index is 12.7. The van der Waals surface area contributed by atoms with Gasteiger partial charge in [-0.3, -0.25) is 0 Å². The van der Waals surface area contributed by atoms with Gasteiger partial charge in [-0.05, 0) is 46.3 Å². The Morgan fingerprint density at radius 3 is 2.00 bits per heavy atom. The van der Waals surface area contributed by atoms with Crippen LogP contribution in [-0.4, -0.2) is 4.98 Å². The van der Waals surface area contributed by atoms with Crippen molar-refractivity contribution < 1.29 is 26.3 Å². The number of nitrogens with two attached hydrogens (primary N) is 1. The normalized spacial score (nSPS) is 12.5. The van der Waals surface area contributed by atoms with Crippen molar-refractivity contribution in [2.75, 3.05) is 5.73 Å². The second-order valence-corrected chi connectivity index (χ2v) is 5.08. The van der Waals surface area contributed by atoms with Gasteiger partial charge in [0, 0.05) is 16.8 Å². The largest absolute Gasteiger partial charge is 0.433 e. The van der Waals surface area contributed by atoms with Crippen molar-refractivity contribution in [2.45, 2.75) is 12.4 Å². The Bertz CT molecular complexity index is 709. The lowest BCUT2D eigenvalue weighted by Crippen LogP contribution is -2.09. The molecule has 0 spiro atoms. The average molecular weight is 385 g/mol. The number of alkyl halides is 6. The van der Waals surface area contributed by atoms with Gasteiger partial charge >= 0.3 is 12.4 Å². The van der Waals surface area contributed by atoms with Gasteiger partial charge in [-0.1, -0.05) is 0 Å². The van der Waals surface area contributed by atoms with Gasteiger partial charge in [0.05, 0.1) is 5.56 Å². The zero-order valence-electron chi connectivity index (χ0n) is 10.6. The fraction of sp³-hybridized carbons (Fsp3) is 0.154. The van der Waals surface area contributed by atoms with E-state index in [2.05, 4.69) is 20.9 Å². The molecule has 0 saturated carbocycles. The number of benzene rings is 1. The lowest BCUT2D eigenvalue weighted by Gasteiger charge is -2.13. The monoisotopic (exact) mass is 384 g/mol. The summed E-state index contributed by atoms with van der Waals surface area (Å²) in [6, 6.07) is 4.31. The van der Waals surface area contributed by atoms with E-state index in [1.807, 2.05) is 0 Å². The summed E-state index contributed by atoms with van der Waals surface area (Å²) in [6.45, 7) is 0. The molecule has 0 aliphatic carbocycles. The Balaban J connectivity index is 2.57. The lowest BCUT2D eigenvalue weighted by atomic mass is 10.0. The molecule has 1 aromatic carbocycles. The summed E-state index contributed by atoms with van der Waals surface area (Å²) >= 11 is 2.84. The van der Waals surface area contributed by atoms with E-state index in [-0.39, 0.29) is 21.4 Å². The lowest BCUT2D eigenvalue weighted by molar-refractivity contribution is -0.141. The van der Waals surface area contributed by atoms with Gasteiger partial charge in [0.15, 0.2) is 0 Å². The fourth-order valence-corrected chi connectivity index (χ4v) is 2.30. The Kier molecular flexibility index (Phi) is 4.12. The van der Waals surface area contributed by atoms with Gasteiger partial charge in [-0.15, -0.1) is 0 Å². The van der Waals surface area contributed by atoms with Crippen LogP contribution in [0.25, 0.3) is 11.1 Å². The van der Waals surface area contributed by atoms with E-state index in [4.69, 9.17) is 5.73 Å². The highest BCUT2D eigenvalue weighted by Gasteiger charge is 2.34. The number of nitrogens with zero attached hydrogens (tertiary/aromatic N) is 1. The molecule has 9 heteroatoms. The Morgan fingerprint density at radius 2 is 1.50 bits per heavy atom. The molecular weight excluding hydrogens is 378 g/mol. The number of hydrogen-bond acceptors (Lipinski definition) is 2. The van der Waals surface area contributed by atoms with Gasteiger partial charge < -0.3 is 5.73 Å². The van der Waals surface area contributed by atoms with Crippen LogP contribution in [0.2, 0.25) is 0 Å². The number of pyridine rings is 1. The van der Waals surface area contributed by atoms with Gasteiger partial charge in [0.2, 0.25) is 0 Å². The summed E-state index contributed by atoms with van der Waals surface area (Å²) in [7, 11) is 0. The first kappa shape index (κ1) is 16.6. The SMILES string of the molecule is Nc1ccc(C(F)(F)F)cc1-c1ccc(C(F)(F)F)nc1Br. The molecule has 0 aliphatic heterocycles. The van der Waals surface area contributed by atoms with Crippen molar-refractivity contribution in [3.63, 3.8) is 0 Å². The van der Waals surface area contributed by atoms with Crippen molar-refractivity contribution in [3.8, 4) is 11.1 Å². The summed E-state index contributed by atoms with van der Waals surface area (Å²) < 4.78 is 75.6. The maximum absolute atomic E-state index is 12.7. The second-order valence-electron chi connectivity index (χ2n) is 4.33. The second kappa shape index (κ2) is 5.45. The van der Waals surface area contributed by atoms with Gasteiger partial charge in [-0.25, -0.2) is 4.98 Å². The van der Waals surface area contributed by atoms with Crippen molar-refractivity contribution in [3.05, 3.63) is 46.2 Å². The summed E-state index contributed by atoms with van der Waals surface area (Å²) in [5.74, 6) is 0. The Labute approximate surface area is 129 Å². The van der Waals surface area contributed by atoms with E-state index in [0.717, 1.165) is 24.3 Å². The van der Waals surface area contributed by atoms with Crippen LogP contribution in [0.15, 0.2) is 34.9 Å². The van der Waals surface area contributed by atoms with E-state index < -0.39 is 23.6 Å². The first-order chi connectivity index (χ1) is 10.00. The number of halogens is 7. The molecule has 1 aromatic heterocycles. The van der Waals surface area contributed by atoms with Crippen molar-refractivity contribution in [2.24, 2.45) is 0 Å². The minimum absolute atomic E-state index is 0.00439. The van der Waals surface area contributed by atoms with Crippen molar-refractivity contribution in [1.82, 2.24) is 4.98 Å². The minimum Gasteiger partial charge on any atom is -0.398 e. The molecule has 0 atom stereocenters. The van der Waals surface area contributed by atoms with E-state index in [1.165, 1.54) is 0 Å². The summed E-state index contributed by atoms with van der Waals surface area (Å²) in [5, 5.41) is 0. The van der Waals surface area contributed by atoms with Crippen LogP contribution in [-0.2, 0) is 12.4 Å². The number of rotatable bonds is 1. The maximum Gasteiger partial charge on any atom is 0.433 e. The highest BCUT2D eigenvalue weighted by atomic mass is 79.9. The van der Waals surface area contributed by atoms with E-state index in [9.17, 15) is 26.3 Å². The molecule has 2 nitrogen and oxygen atoms in total. The number of aromatic nitrogens is 1. The molecule has 118 valence electrons. The predicted molar refractivity (Wildman–Crippen MR) is 71.8 cm³/mol. The van der Waals surface area contributed by atoms with E-state index in [1.54, 1.807) is 0 Å². The Hall–Kier alpha value is -1.77. The molecule has 0 aliphatic rings. The van der Waals surface area contributed by atoms with Crippen molar-refractivity contribution >= 4 is 21.6 Å². The molecule has 0 radical (unpaired) electrons. The van der Waals surface area contributed by atoms with Crippen LogP contribution >= 0.6 is 15.9 Å². The van der Waals surface area contributed by atoms with Crippen LogP contribution < -0.4 is 5.73 Å². The predicted octanol–water partition coefficient (Wildman–Crippen LogP) is 5.13. The zero-order valence-corrected chi connectivity index (χ0v) is 12.1. The van der Waals surface area contributed by atoms with Gasteiger partial charge in [-0.2, -0.15) is 26.3 Å². The quantitative estimate of drug-likeness (QED) is 0.420. The standard InChI is InChI=1S/C13H7BrF6N2/c14-11-7(2-4-10(22-11)13(18,19)20)8-5-6(12(15,16)17)1-3-9(8)21/h1-5H,21H2.